The molecule has 0 saturated carbocycles. The number of aromatic nitrogens is 5. The number of imidazole rings is 1. The molecule has 0 spiro atoms. The minimum atomic E-state index is 0.822. The van der Waals surface area contributed by atoms with Crippen molar-refractivity contribution in [1.29, 1.82) is 0 Å². The number of para-hydroxylation sites is 3. The zero-order valence-electron chi connectivity index (χ0n) is 25.8. The monoisotopic (exact) mass is 537 g/mol. The Hall–Kier alpha value is -3.73. The molecule has 0 unspecified atom stereocenters. The van der Waals surface area contributed by atoms with E-state index in [1.807, 2.05) is 18.2 Å². The smallest absolute Gasteiger partial charge is 0.235 e. The van der Waals surface area contributed by atoms with E-state index in [9.17, 15) is 0 Å². The van der Waals surface area contributed by atoms with Crippen molar-refractivity contribution in [1.82, 2.24) is 23.8 Å². The maximum Gasteiger partial charge on any atom is 0.235 e. The number of aryl methyl sites for hydroxylation is 4. The van der Waals surface area contributed by atoms with Crippen molar-refractivity contribution in [2.45, 2.75) is 93.9 Å². The molecule has 4 heterocycles. The third-order valence-corrected chi connectivity index (χ3v) is 6.43. The largest absolute Gasteiger partial charge is 0.298 e. The molecule has 0 aliphatic rings. The van der Waals surface area contributed by atoms with Gasteiger partial charge < -0.3 is 0 Å². The molecule has 5 nitrogen and oxygen atoms in total. The summed E-state index contributed by atoms with van der Waals surface area (Å²) in [6.07, 6.45) is 6.47. The summed E-state index contributed by atoms with van der Waals surface area (Å²) in [7, 11) is 0. The average Bonchev–Trinajstić information content (AvgIpc) is 3.55. The molecule has 0 saturated heterocycles. The lowest BCUT2D eigenvalue weighted by Crippen LogP contribution is -2.01. The van der Waals surface area contributed by atoms with Crippen molar-refractivity contribution in [3.05, 3.63) is 89.5 Å². The Bertz CT molecular complexity index is 1520. The van der Waals surface area contributed by atoms with E-state index in [1.165, 1.54) is 40.8 Å². The van der Waals surface area contributed by atoms with E-state index in [1.54, 1.807) is 0 Å². The van der Waals surface area contributed by atoms with Gasteiger partial charge in [-0.05, 0) is 62.1 Å². The second-order valence-electron chi connectivity index (χ2n) is 9.94. The maximum absolute atomic E-state index is 4.70. The molecule has 0 bridgehead atoms. The van der Waals surface area contributed by atoms with E-state index >= 15 is 0 Å². The highest BCUT2D eigenvalue weighted by atomic mass is 15.1. The molecule has 2 aromatic carbocycles. The first-order valence-corrected chi connectivity index (χ1v) is 15.1. The third-order valence-electron chi connectivity index (χ3n) is 6.43. The van der Waals surface area contributed by atoms with Gasteiger partial charge in [-0.2, -0.15) is 0 Å². The number of benzene rings is 2. The summed E-state index contributed by atoms with van der Waals surface area (Å²) in [5, 5.41) is 1.27. The minimum absolute atomic E-state index is 0.822. The van der Waals surface area contributed by atoms with Crippen molar-refractivity contribution >= 4 is 33.4 Å². The van der Waals surface area contributed by atoms with Gasteiger partial charge in [-0.25, -0.2) is 15.0 Å². The van der Waals surface area contributed by atoms with Gasteiger partial charge in [0.25, 0.3) is 0 Å². The Morgan fingerprint density at radius 3 is 1.65 bits per heavy atom. The van der Waals surface area contributed by atoms with Crippen molar-refractivity contribution < 1.29 is 0 Å². The number of hydrogen-bond donors (Lipinski definition) is 0. The molecule has 4 aromatic heterocycles. The van der Waals surface area contributed by atoms with Crippen LogP contribution in [0.3, 0.4) is 0 Å². The fourth-order valence-electron chi connectivity index (χ4n) is 4.63. The van der Waals surface area contributed by atoms with Gasteiger partial charge in [-0.15, -0.1) is 0 Å². The highest BCUT2D eigenvalue weighted by Crippen LogP contribution is 2.22. The van der Waals surface area contributed by atoms with E-state index in [0.29, 0.717) is 0 Å². The van der Waals surface area contributed by atoms with E-state index in [4.69, 9.17) is 4.98 Å². The summed E-state index contributed by atoms with van der Waals surface area (Å²) in [4.78, 5) is 13.9. The van der Waals surface area contributed by atoms with Crippen LogP contribution in [0.1, 0.15) is 91.0 Å². The summed E-state index contributed by atoms with van der Waals surface area (Å²) in [6, 6.07) is 23.2. The van der Waals surface area contributed by atoms with Gasteiger partial charge in [0.2, 0.25) is 5.78 Å². The first kappa shape index (κ1) is 30.8. The Balaban J connectivity index is 0.000000185. The summed E-state index contributed by atoms with van der Waals surface area (Å²) in [5.74, 6) is 0.822. The molecule has 5 heteroatoms. The Labute approximate surface area is 240 Å². The van der Waals surface area contributed by atoms with Crippen LogP contribution in [0, 0.1) is 0 Å². The lowest BCUT2D eigenvalue weighted by Gasteiger charge is -2.07. The average molecular weight is 538 g/mol. The van der Waals surface area contributed by atoms with Gasteiger partial charge in [0.15, 0.2) is 0 Å². The molecular weight excluding hydrogens is 490 g/mol. The van der Waals surface area contributed by atoms with E-state index in [0.717, 1.165) is 53.8 Å². The van der Waals surface area contributed by atoms with Crippen LogP contribution in [0.25, 0.3) is 33.4 Å². The molecule has 6 aromatic rings. The number of hydrogen-bond acceptors (Lipinski definition) is 3. The SMILES string of the molecule is CCC.CCC.CCc1cc(CC)n2c(cc3ccccc32)n1.CCc1cc(CC)n2c(n1)nc1ccccc12. The van der Waals surface area contributed by atoms with Crippen molar-refractivity contribution in [2.75, 3.05) is 0 Å². The van der Waals surface area contributed by atoms with Gasteiger partial charge in [0.1, 0.15) is 5.65 Å². The molecular formula is C35H47N5. The zero-order valence-corrected chi connectivity index (χ0v) is 25.8. The van der Waals surface area contributed by atoms with Gasteiger partial charge in [-0.1, -0.05) is 98.6 Å². The normalized spacial score (nSPS) is 10.6. The Morgan fingerprint density at radius 2 is 1.05 bits per heavy atom. The topological polar surface area (TPSA) is 47.5 Å². The highest BCUT2D eigenvalue weighted by Gasteiger charge is 2.10. The van der Waals surface area contributed by atoms with Gasteiger partial charge in [0, 0.05) is 28.2 Å². The molecule has 0 fully saturated rings. The predicted octanol–water partition coefficient (Wildman–Crippen LogP) is 9.45. The summed E-state index contributed by atoms with van der Waals surface area (Å²) in [6.45, 7) is 17.1. The zero-order chi connectivity index (χ0) is 29.1. The quantitative estimate of drug-likeness (QED) is 0.225. The van der Waals surface area contributed by atoms with Gasteiger partial charge >= 0.3 is 0 Å². The molecule has 0 N–H and O–H groups in total. The first-order valence-electron chi connectivity index (χ1n) is 15.1. The van der Waals surface area contributed by atoms with Crippen molar-refractivity contribution in [2.24, 2.45) is 0 Å². The third kappa shape index (κ3) is 6.88. The van der Waals surface area contributed by atoms with Gasteiger partial charge in [-0.3, -0.25) is 8.80 Å². The van der Waals surface area contributed by atoms with Crippen LogP contribution < -0.4 is 0 Å². The molecule has 0 aliphatic heterocycles. The Kier molecular flexibility index (Phi) is 11.7. The summed E-state index contributed by atoms with van der Waals surface area (Å²) < 4.78 is 4.43. The second-order valence-corrected chi connectivity index (χ2v) is 9.94. The predicted molar refractivity (Wildman–Crippen MR) is 173 cm³/mol. The van der Waals surface area contributed by atoms with Crippen molar-refractivity contribution in [3.8, 4) is 0 Å². The van der Waals surface area contributed by atoms with Crippen LogP contribution in [0.15, 0.2) is 66.7 Å². The standard InChI is InChI=1S/C15H16N2.C14H15N3.2C3H8/c1-3-12-10-13(4-2)17-14-8-6-5-7-11(14)9-15(17)16-12;1-3-10-9-11(4-2)17-13-8-6-5-7-12(13)16-14(17)15-10;2*1-3-2/h5-10H,3-4H2,1-2H3;5-9H,3-4H2,1-2H3;2*3H2,1-2H3. The van der Waals surface area contributed by atoms with Crippen molar-refractivity contribution in [3.63, 3.8) is 0 Å². The van der Waals surface area contributed by atoms with Crippen LogP contribution in [0.5, 0.6) is 0 Å². The molecule has 0 aliphatic carbocycles. The molecule has 0 radical (unpaired) electrons. The van der Waals surface area contributed by atoms with Crippen LogP contribution in [0.2, 0.25) is 0 Å². The van der Waals surface area contributed by atoms with Gasteiger partial charge in [0.05, 0.1) is 16.6 Å². The van der Waals surface area contributed by atoms with Crippen LogP contribution in [-0.4, -0.2) is 23.8 Å². The second kappa shape index (κ2) is 15.2. The molecule has 40 heavy (non-hydrogen) atoms. The maximum atomic E-state index is 4.70. The van der Waals surface area contributed by atoms with E-state index < -0.39 is 0 Å². The van der Waals surface area contributed by atoms with E-state index in [-0.39, 0.29) is 0 Å². The minimum Gasteiger partial charge on any atom is -0.298 e. The summed E-state index contributed by atoms with van der Waals surface area (Å²) in [5.41, 5.74) is 9.41. The molecule has 0 amide bonds. The highest BCUT2D eigenvalue weighted by molar-refractivity contribution is 5.86. The fourth-order valence-corrected chi connectivity index (χ4v) is 4.63. The molecule has 0 atom stereocenters. The number of fused-ring (bicyclic) bond motifs is 6. The number of nitrogens with zero attached hydrogens (tertiary/aromatic N) is 5. The van der Waals surface area contributed by atoms with Crippen LogP contribution in [-0.2, 0) is 25.7 Å². The lowest BCUT2D eigenvalue weighted by molar-refractivity contribution is 0.926. The Morgan fingerprint density at radius 1 is 0.525 bits per heavy atom. The van der Waals surface area contributed by atoms with Crippen LogP contribution >= 0.6 is 0 Å². The summed E-state index contributed by atoms with van der Waals surface area (Å²) >= 11 is 0. The molecule has 6 rings (SSSR count). The van der Waals surface area contributed by atoms with Crippen LogP contribution in [0.4, 0.5) is 0 Å². The first-order chi connectivity index (χ1) is 19.5. The lowest BCUT2D eigenvalue weighted by atomic mass is 10.2. The number of rotatable bonds is 4. The van der Waals surface area contributed by atoms with E-state index in [2.05, 4.69) is 123 Å². The fraction of sp³-hybridized carbons (Fsp3) is 0.400. The molecule has 212 valence electrons.